The number of aryl methyl sites for hydroxylation is 1. The van der Waals surface area contributed by atoms with Crippen LogP contribution >= 0.6 is 11.8 Å². The zero-order valence-corrected chi connectivity index (χ0v) is 13.4. The highest BCUT2D eigenvalue weighted by atomic mass is 32.2. The van der Waals surface area contributed by atoms with E-state index < -0.39 is 0 Å². The molecule has 2 rings (SSSR count). The molecule has 1 aromatic carbocycles. The summed E-state index contributed by atoms with van der Waals surface area (Å²) in [6.45, 7) is 0. The average Bonchev–Trinajstić information content (AvgIpc) is 2.91. The summed E-state index contributed by atoms with van der Waals surface area (Å²) in [5.74, 6) is -0.0142. The topological polar surface area (TPSA) is 88.3 Å². The SMILES string of the molecule is CN(C)c1ccc(/C=N/NC(=O)CSc2nnnn2C)cc1. The Morgan fingerprint density at radius 3 is 2.73 bits per heavy atom. The van der Waals surface area contributed by atoms with Crippen LogP contribution in [-0.2, 0) is 11.8 Å². The van der Waals surface area contributed by atoms with Crippen molar-refractivity contribution < 1.29 is 4.79 Å². The number of thioether (sulfide) groups is 1. The highest BCUT2D eigenvalue weighted by Gasteiger charge is 2.06. The number of tetrazole rings is 1. The van der Waals surface area contributed by atoms with Crippen molar-refractivity contribution in [3.8, 4) is 0 Å². The molecule has 8 nitrogen and oxygen atoms in total. The number of anilines is 1. The second-order valence-electron chi connectivity index (χ2n) is 4.65. The van der Waals surface area contributed by atoms with Crippen LogP contribution in [-0.4, -0.2) is 52.2 Å². The van der Waals surface area contributed by atoms with E-state index in [1.54, 1.807) is 13.3 Å². The van der Waals surface area contributed by atoms with Crippen LogP contribution in [0.2, 0.25) is 0 Å². The minimum atomic E-state index is -0.214. The Morgan fingerprint density at radius 2 is 2.14 bits per heavy atom. The van der Waals surface area contributed by atoms with Gasteiger partial charge >= 0.3 is 0 Å². The van der Waals surface area contributed by atoms with Crippen LogP contribution in [0.25, 0.3) is 0 Å². The fraction of sp³-hybridized carbons (Fsp3) is 0.308. The maximum atomic E-state index is 11.7. The van der Waals surface area contributed by atoms with Crippen molar-refractivity contribution >= 4 is 29.6 Å². The number of carbonyl (C=O) groups is 1. The number of amides is 1. The van der Waals surface area contributed by atoms with Crippen molar-refractivity contribution in [3.63, 3.8) is 0 Å². The Morgan fingerprint density at radius 1 is 1.41 bits per heavy atom. The molecular formula is C13H17N7OS. The van der Waals surface area contributed by atoms with Crippen LogP contribution in [0.4, 0.5) is 5.69 Å². The molecule has 2 aromatic rings. The van der Waals surface area contributed by atoms with Crippen molar-refractivity contribution in [3.05, 3.63) is 29.8 Å². The molecule has 0 aliphatic heterocycles. The zero-order valence-electron chi connectivity index (χ0n) is 12.6. The zero-order chi connectivity index (χ0) is 15.9. The lowest BCUT2D eigenvalue weighted by Gasteiger charge is -2.11. The molecule has 0 radical (unpaired) electrons. The minimum absolute atomic E-state index is 0.200. The number of hydrogen-bond donors (Lipinski definition) is 1. The van der Waals surface area contributed by atoms with Gasteiger partial charge in [-0.1, -0.05) is 23.9 Å². The summed E-state index contributed by atoms with van der Waals surface area (Å²) >= 11 is 1.25. The molecule has 9 heteroatoms. The van der Waals surface area contributed by atoms with E-state index >= 15 is 0 Å². The van der Waals surface area contributed by atoms with E-state index in [9.17, 15) is 4.79 Å². The second kappa shape index (κ2) is 7.55. The van der Waals surface area contributed by atoms with Crippen molar-refractivity contribution in [1.82, 2.24) is 25.6 Å². The van der Waals surface area contributed by atoms with Gasteiger partial charge in [-0.15, -0.1) is 5.10 Å². The van der Waals surface area contributed by atoms with Crippen LogP contribution in [0.1, 0.15) is 5.56 Å². The molecule has 1 amide bonds. The van der Waals surface area contributed by atoms with Gasteiger partial charge in [0.25, 0.3) is 5.91 Å². The third-order valence-corrected chi connectivity index (χ3v) is 3.74. The first kappa shape index (κ1) is 16.0. The van der Waals surface area contributed by atoms with Gasteiger partial charge in [0.2, 0.25) is 5.16 Å². The van der Waals surface area contributed by atoms with E-state index in [0.29, 0.717) is 5.16 Å². The van der Waals surface area contributed by atoms with Crippen LogP contribution in [0.5, 0.6) is 0 Å². The number of nitrogens with one attached hydrogen (secondary N) is 1. The van der Waals surface area contributed by atoms with Gasteiger partial charge in [-0.2, -0.15) is 5.10 Å². The van der Waals surface area contributed by atoms with E-state index in [1.807, 2.05) is 43.3 Å². The fourth-order valence-corrected chi connectivity index (χ4v) is 2.19. The summed E-state index contributed by atoms with van der Waals surface area (Å²) in [6, 6.07) is 7.84. The van der Waals surface area contributed by atoms with Crippen LogP contribution in [0.15, 0.2) is 34.5 Å². The van der Waals surface area contributed by atoms with Gasteiger partial charge in [0.05, 0.1) is 12.0 Å². The molecule has 0 saturated heterocycles. The molecule has 0 atom stereocenters. The maximum Gasteiger partial charge on any atom is 0.250 e. The lowest BCUT2D eigenvalue weighted by Crippen LogP contribution is -2.19. The molecule has 116 valence electrons. The average molecular weight is 319 g/mol. The Kier molecular flexibility index (Phi) is 5.48. The standard InChI is InChI=1S/C13H17N7OS/c1-19(2)11-6-4-10(5-7-11)8-14-15-12(21)9-22-13-16-17-18-20(13)3/h4-8H,9H2,1-3H3,(H,15,21)/b14-8+. The Labute approximate surface area is 132 Å². The Bertz CT molecular complexity index is 651. The maximum absolute atomic E-state index is 11.7. The molecule has 1 heterocycles. The number of hydrogen-bond acceptors (Lipinski definition) is 7. The van der Waals surface area contributed by atoms with Gasteiger partial charge in [0.15, 0.2) is 0 Å². The van der Waals surface area contributed by atoms with E-state index in [0.717, 1.165) is 11.3 Å². The molecule has 0 aliphatic rings. The highest BCUT2D eigenvalue weighted by molar-refractivity contribution is 7.99. The molecule has 1 N–H and O–H groups in total. The second-order valence-corrected chi connectivity index (χ2v) is 5.60. The van der Waals surface area contributed by atoms with E-state index in [1.165, 1.54) is 16.4 Å². The quantitative estimate of drug-likeness (QED) is 0.474. The number of rotatable bonds is 6. The summed E-state index contributed by atoms with van der Waals surface area (Å²) in [7, 11) is 5.68. The van der Waals surface area contributed by atoms with Gasteiger partial charge in [-0.05, 0) is 28.1 Å². The third-order valence-electron chi connectivity index (χ3n) is 2.73. The molecule has 1 aromatic heterocycles. The van der Waals surface area contributed by atoms with Crippen molar-refractivity contribution in [2.24, 2.45) is 12.1 Å². The number of nitrogens with zero attached hydrogens (tertiary/aromatic N) is 6. The van der Waals surface area contributed by atoms with Crippen molar-refractivity contribution in [1.29, 1.82) is 0 Å². The summed E-state index contributed by atoms with van der Waals surface area (Å²) in [5, 5.41) is 15.5. The normalized spacial score (nSPS) is 10.9. The smallest absolute Gasteiger partial charge is 0.250 e. The largest absolute Gasteiger partial charge is 0.378 e. The lowest BCUT2D eigenvalue weighted by atomic mass is 10.2. The Balaban J connectivity index is 1.79. The summed E-state index contributed by atoms with van der Waals surface area (Å²) in [6.07, 6.45) is 1.60. The first-order chi connectivity index (χ1) is 10.6. The summed E-state index contributed by atoms with van der Waals surface area (Å²) in [5.41, 5.74) is 4.49. The monoisotopic (exact) mass is 319 g/mol. The molecule has 0 aliphatic carbocycles. The minimum Gasteiger partial charge on any atom is -0.378 e. The van der Waals surface area contributed by atoms with E-state index in [4.69, 9.17) is 0 Å². The molecule has 0 spiro atoms. The molecule has 0 fully saturated rings. The first-order valence-electron chi connectivity index (χ1n) is 6.50. The lowest BCUT2D eigenvalue weighted by molar-refractivity contribution is -0.118. The predicted molar refractivity (Wildman–Crippen MR) is 86.0 cm³/mol. The Hall–Kier alpha value is -2.42. The van der Waals surface area contributed by atoms with Gasteiger partial charge in [-0.3, -0.25) is 4.79 Å². The predicted octanol–water partition coefficient (Wildman–Crippen LogP) is 0.518. The number of hydrazone groups is 1. The number of benzene rings is 1. The third kappa shape index (κ3) is 4.55. The number of carbonyl (C=O) groups excluding carboxylic acids is 1. The molecular weight excluding hydrogens is 302 g/mol. The van der Waals surface area contributed by atoms with Crippen molar-refractivity contribution in [2.75, 3.05) is 24.7 Å². The molecule has 0 bridgehead atoms. The summed E-state index contributed by atoms with van der Waals surface area (Å²) < 4.78 is 1.51. The van der Waals surface area contributed by atoms with Gasteiger partial charge in [-0.25, -0.2) is 10.1 Å². The van der Waals surface area contributed by atoms with Crippen LogP contribution in [0, 0.1) is 0 Å². The van der Waals surface area contributed by atoms with Crippen molar-refractivity contribution in [2.45, 2.75) is 5.16 Å². The molecule has 22 heavy (non-hydrogen) atoms. The highest BCUT2D eigenvalue weighted by Crippen LogP contribution is 2.12. The first-order valence-corrected chi connectivity index (χ1v) is 7.49. The van der Waals surface area contributed by atoms with Gasteiger partial charge < -0.3 is 4.90 Å². The van der Waals surface area contributed by atoms with Crippen LogP contribution in [0.3, 0.4) is 0 Å². The number of aromatic nitrogens is 4. The fourth-order valence-electron chi connectivity index (χ4n) is 1.54. The van der Waals surface area contributed by atoms with Gasteiger partial charge in [0.1, 0.15) is 0 Å². The van der Waals surface area contributed by atoms with Gasteiger partial charge in [0, 0.05) is 26.8 Å². The van der Waals surface area contributed by atoms with Crippen LogP contribution < -0.4 is 10.3 Å². The van der Waals surface area contributed by atoms with E-state index in [2.05, 4.69) is 26.1 Å². The van der Waals surface area contributed by atoms with E-state index in [-0.39, 0.29) is 11.7 Å². The summed E-state index contributed by atoms with van der Waals surface area (Å²) in [4.78, 5) is 13.7. The molecule has 0 saturated carbocycles. The molecule has 0 unspecified atom stereocenters.